The van der Waals surface area contributed by atoms with E-state index in [4.69, 9.17) is 9.47 Å². The number of anilines is 1. The van der Waals surface area contributed by atoms with Crippen molar-refractivity contribution in [2.45, 2.75) is 45.6 Å². The van der Waals surface area contributed by atoms with E-state index < -0.39 is 17.1 Å². The van der Waals surface area contributed by atoms with Gasteiger partial charge in [0.25, 0.3) is 0 Å². The van der Waals surface area contributed by atoms with Crippen molar-refractivity contribution < 1.29 is 19.1 Å². The molecule has 0 saturated carbocycles. The largest absolute Gasteiger partial charge is 0.468 e. The summed E-state index contributed by atoms with van der Waals surface area (Å²) in [5.74, 6) is -0.356. The van der Waals surface area contributed by atoms with Crippen LogP contribution in [0.1, 0.15) is 38.8 Å². The zero-order valence-electron chi connectivity index (χ0n) is 14.0. The maximum Gasteiger partial charge on any atom is 0.414 e. The van der Waals surface area contributed by atoms with Crippen molar-refractivity contribution >= 4 is 17.7 Å². The molecule has 1 aromatic carbocycles. The molecule has 0 spiro atoms. The van der Waals surface area contributed by atoms with Crippen LogP contribution in [0.5, 0.6) is 0 Å². The van der Waals surface area contributed by atoms with Crippen molar-refractivity contribution in [2.75, 3.05) is 18.6 Å². The van der Waals surface area contributed by atoms with Gasteiger partial charge < -0.3 is 9.47 Å². The molecule has 0 fully saturated rings. The lowest BCUT2D eigenvalue weighted by atomic mass is 9.84. The molecule has 1 atom stereocenters. The number of hydrogen-bond acceptors (Lipinski definition) is 4. The minimum Gasteiger partial charge on any atom is -0.468 e. The average molecular weight is 305 g/mol. The summed E-state index contributed by atoms with van der Waals surface area (Å²) in [5, 5.41) is 0. The Bertz CT molecular complexity index is 618. The van der Waals surface area contributed by atoms with Crippen LogP contribution in [0.4, 0.5) is 10.5 Å². The summed E-state index contributed by atoms with van der Waals surface area (Å²) in [5.41, 5.74) is 1.05. The SMILES string of the molecule is COC(=O)C1(C)CN(C(=O)OC(C)(C)C)c2ccc(C)cc21. The number of benzene rings is 1. The molecule has 0 N–H and O–H groups in total. The van der Waals surface area contributed by atoms with E-state index in [0.717, 1.165) is 11.1 Å². The summed E-state index contributed by atoms with van der Waals surface area (Å²) in [6.07, 6.45) is -0.453. The molecule has 120 valence electrons. The van der Waals surface area contributed by atoms with Gasteiger partial charge in [0.2, 0.25) is 0 Å². The van der Waals surface area contributed by atoms with Gasteiger partial charge in [0, 0.05) is 6.54 Å². The van der Waals surface area contributed by atoms with Gasteiger partial charge in [0.1, 0.15) is 11.0 Å². The summed E-state index contributed by atoms with van der Waals surface area (Å²) in [4.78, 5) is 26.2. The minimum atomic E-state index is -0.882. The van der Waals surface area contributed by atoms with Crippen LogP contribution in [0.15, 0.2) is 18.2 Å². The Labute approximate surface area is 131 Å². The number of fused-ring (bicyclic) bond motifs is 1. The first-order valence-corrected chi connectivity index (χ1v) is 7.28. The lowest BCUT2D eigenvalue weighted by Crippen LogP contribution is -2.42. The number of rotatable bonds is 1. The Morgan fingerprint density at radius 1 is 1.27 bits per heavy atom. The molecule has 1 amide bonds. The number of aryl methyl sites for hydroxylation is 1. The zero-order valence-corrected chi connectivity index (χ0v) is 14.0. The Kier molecular flexibility index (Phi) is 3.94. The van der Waals surface area contributed by atoms with Gasteiger partial charge in [0.15, 0.2) is 0 Å². The quantitative estimate of drug-likeness (QED) is 0.748. The van der Waals surface area contributed by atoms with E-state index in [9.17, 15) is 9.59 Å². The molecule has 0 bridgehead atoms. The summed E-state index contributed by atoms with van der Waals surface area (Å²) in [6.45, 7) is 9.41. The lowest BCUT2D eigenvalue weighted by molar-refractivity contribution is -0.146. The van der Waals surface area contributed by atoms with E-state index in [0.29, 0.717) is 5.69 Å². The highest BCUT2D eigenvalue weighted by molar-refractivity contribution is 5.98. The highest BCUT2D eigenvalue weighted by Crippen LogP contribution is 2.42. The normalized spacial score (nSPS) is 20.5. The minimum absolute atomic E-state index is 0.216. The van der Waals surface area contributed by atoms with Crippen LogP contribution >= 0.6 is 0 Å². The fraction of sp³-hybridized carbons (Fsp3) is 0.529. The fourth-order valence-electron chi connectivity index (χ4n) is 2.69. The molecule has 5 heteroatoms. The van der Waals surface area contributed by atoms with Gasteiger partial charge in [-0.2, -0.15) is 0 Å². The fourth-order valence-corrected chi connectivity index (χ4v) is 2.69. The van der Waals surface area contributed by atoms with Crippen LogP contribution in [0.2, 0.25) is 0 Å². The van der Waals surface area contributed by atoms with Crippen LogP contribution in [0.3, 0.4) is 0 Å². The number of nitrogens with zero attached hydrogens (tertiary/aromatic N) is 1. The molecule has 1 heterocycles. The number of methoxy groups -OCH3 is 1. The zero-order chi connectivity index (χ0) is 16.7. The van der Waals surface area contributed by atoms with Crippen molar-refractivity contribution in [3.63, 3.8) is 0 Å². The monoisotopic (exact) mass is 305 g/mol. The molecule has 22 heavy (non-hydrogen) atoms. The predicted molar refractivity (Wildman–Crippen MR) is 84.1 cm³/mol. The molecular formula is C17H23NO4. The molecule has 0 radical (unpaired) electrons. The molecule has 0 aromatic heterocycles. The van der Waals surface area contributed by atoms with Crippen molar-refractivity contribution in [3.8, 4) is 0 Å². The highest BCUT2D eigenvalue weighted by atomic mass is 16.6. The molecule has 1 unspecified atom stereocenters. The smallest absolute Gasteiger partial charge is 0.414 e. The maximum absolute atomic E-state index is 12.5. The molecule has 1 aliphatic heterocycles. The first-order valence-electron chi connectivity index (χ1n) is 7.28. The Hall–Kier alpha value is -2.04. The summed E-state index contributed by atoms with van der Waals surface area (Å²) >= 11 is 0. The van der Waals surface area contributed by atoms with Crippen LogP contribution in [-0.4, -0.2) is 31.3 Å². The van der Waals surface area contributed by atoms with Crippen molar-refractivity contribution in [2.24, 2.45) is 0 Å². The average Bonchev–Trinajstić information content (AvgIpc) is 2.70. The van der Waals surface area contributed by atoms with Crippen molar-refractivity contribution in [1.82, 2.24) is 0 Å². The van der Waals surface area contributed by atoms with Gasteiger partial charge in [-0.15, -0.1) is 0 Å². The van der Waals surface area contributed by atoms with Gasteiger partial charge >= 0.3 is 12.1 Å². The van der Waals surface area contributed by atoms with Gasteiger partial charge in [-0.05, 0) is 46.2 Å². The van der Waals surface area contributed by atoms with Gasteiger partial charge in [0.05, 0.1) is 12.8 Å². The molecule has 0 aliphatic carbocycles. The van der Waals surface area contributed by atoms with Gasteiger partial charge in [-0.25, -0.2) is 4.79 Å². The van der Waals surface area contributed by atoms with Crippen molar-refractivity contribution in [3.05, 3.63) is 29.3 Å². The van der Waals surface area contributed by atoms with Crippen LogP contribution < -0.4 is 4.90 Å². The first-order chi connectivity index (χ1) is 10.1. The third-order valence-electron chi connectivity index (χ3n) is 3.76. The van der Waals surface area contributed by atoms with E-state index in [1.807, 2.05) is 45.9 Å². The standard InChI is InChI=1S/C17H23NO4/c1-11-7-8-13-12(9-11)17(5,14(19)21-6)10-18(13)15(20)22-16(2,3)4/h7-9H,10H2,1-6H3. The van der Waals surface area contributed by atoms with Crippen LogP contribution in [0, 0.1) is 6.92 Å². The molecule has 0 saturated heterocycles. The third kappa shape index (κ3) is 2.80. The van der Waals surface area contributed by atoms with Gasteiger partial charge in [-0.1, -0.05) is 17.7 Å². The molecule has 1 aromatic rings. The summed E-state index contributed by atoms with van der Waals surface area (Å²) in [6, 6.07) is 5.69. The number of amides is 1. The number of carbonyl (C=O) groups is 2. The highest BCUT2D eigenvalue weighted by Gasteiger charge is 2.48. The Morgan fingerprint density at radius 3 is 2.45 bits per heavy atom. The molecule has 2 rings (SSSR count). The molecule has 5 nitrogen and oxygen atoms in total. The van der Waals surface area contributed by atoms with Crippen LogP contribution in [-0.2, 0) is 19.7 Å². The van der Waals surface area contributed by atoms with E-state index >= 15 is 0 Å². The number of ether oxygens (including phenoxy) is 2. The lowest BCUT2D eigenvalue weighted by Gasteiger charge is -2.26. The topological polar surface area (TPSA) is 55.8 Å². The van der Waals surface area contributed by atoms with E-state index in [2.05, 4.69) is 0 Å². The van der Waals surface area contributed by atoms with Crippen molar-refractivity contribution in [1.29, 1.82) is 0 Å². The van der Waals surface area contributed by atoms with E-state index in [-0.39, 0.29) is 12.5 Å². The number of esters is 1. The Morgan fingerprint density at radius 2 is 1.91 bits per heavy atom. The number of hydrogen-bond donors (Lipinski definition) is 0. The number of carbonyl (C=O) groups excluding carboxylic acids is 2. The first kappa shape index (κ1) is 16.3. The third-order valence-corrected chi connectivity index (χ3v) is 3.76. The second-order valence-electron chi connectivity index (χ2n) is 6.91. The molecular weight excluding hydrogens is 282 g/mol. The Balaban J connectivity index is 2.46. The predicted octanol–water partition coefficient (Wildman–Crippen LogP) is 3.18. The summed E-state index contributed by atoms with van der Waals surface area (Å²) < 4.78 is 10.4. The van der Waals surface area contributed by atoms with Gasteiger partial charge in [-0.3, -0.25) is 9.69 Å². The van der Waals surface area contributed by atoms with Crippen LogP contribution in [0.25, 0.3) is 0 Å². The second-order valence-corrected chi connectivity index (χ2v) is 6.91. The second kappa shape index (κ2) is 5.30. The summed E-state index contributed by atoms with van der Waals surface area (Å²) in [7, 11) is 1.36. The van der Waals surface area contributed by atoms with E-state index in [1.165, 1.54) is 12.0 Å². The van der Waals surface area contributed by atoms with E-state index in [1.54, 1.807) is 6.92 Å². The molecule has 1 aliphatic rings. The maximum atomic E-state index is 12.5.